The van der Waals surface area contributed by atoms with Gasteiger partial charge in [0.1, 0.15) is 0 Å². The molecular weight excluding hydrogens is 222 g/mol. The molecule has 0 radical (unpaired) electrons. The molecular formula is C11H17N3OS. The van der Waals surface area contributed by atoms with Gasteiger partial charge in [0, 0.05) is 16.6 Å². The van der Waals surface area contributed by atoms with E-state index in [1.807, 2.05) is 19.9 Å². The molecule has 16 heavy (non-hydrogen) atoms. The molecule has 4 nitrogen and oxygen atoms in total. The van der Waals surface area contributed by atoms with E-state index in [2.05, 4.69) is 15.3 Å². The Hall–Kier alpha value is -0.810. The Labute approximate surface area is 98.3 Å². The summed E-state index contributed by atoms with van der Waals surface area (Å²) in [7, 11) is -1.05. The van der Waals surface area contributed by atoms with E-state index in [0.717, 1.165) is 37.3 Å². The van der Waals surface area contributed by atoms with Crippen LogP contribution in [-0.2, 0) is 10.8 Å². The smallest absolute Gasteiger partial charge is 0.219 e. The molecule has 0 saturated carbocycles. The van der Waals surface area contributed by atoms with E-state index in [1.165, 1.54) is 0 Å². The molecule has 1 fully saturated rings. The fraction of sp³-hybridized carbons (Fsp3) is 0.636. The summed E-state index contributed by atoms with van der Waals surface area (Å²) < 4.78 is 12.3. The zero-order chi connectivity index (χ0) is 11.5. The van der Waals surface area contributed by atoms with E-state index in [0.29, 0.717) is 5.16 Å². The van der Waals surface area contributed by atoms with Crippen LogP contribution in [0.25, 0.3) is 0 Å². The molecule has 0 spiro atoms. The van der Waals surface area contributed by atoms with Gasteiger partial charge in [0.2, 0.25) is 5.16 Å². The Balaban J connectivity index is 2.19. The first-order valence-corrected chi connectivity index (χ1v) is 6.81. The molecule has 1 aromatic heterocycles. The first kappa shape index (κ1) is 11.7. The van der Waals surface area contributed by atoms with Gasteiger partial charge in [-0.15, -0.1) is 0 Å². The molecule has 0 aromatic carbocycles. The van der Waals surface area contributed by atoms with Crippen LogP contribution in [0.3, 0.4) is 0 Å². The topological polar surface area (TPSA) is 54.9 Å². The van der Waals surface area contributed by atoms with Gasteiger partial charge in [-0.3, -0.25) is 4.21 Å². The molecule has 1 N–H and O–H groups in total. The van der Waals surface area contributed by atoms with Crippen LogP contribution in [-0.4, -0.2) is 32.5 Å². The van der Waals surface area contributed by atoms with Crippen molar-refractivity contribution in [2.24, 2.45) is 0 Å². The molecule has 0 unspecified atom stereocenters. The average molecular weight is 239 g/mol. The quantitative estimate of drug-likeness (QED) is 0.781. The van der Waals surface area contributed by atoms with E-state index in [-0.39, 0.29) is 5.25 Å². The second-order valence-electron chi connectivity index (χ2n) is 4.18. The van der Waals surface area contributed by atoms with Gasteiger partial charge in [-0.05, 0) is 45.8 Å². The Morgan fingerprint density at radius 1 is 1.25 bits per heavy atom. The third-order valence-corrected chi connectivity index (χ3v) is 4.35. The van der Waals surface area contributed by atoms with Gasteiger partial charge in [-0.1, -0.05) is 0 Å². The maximum absolute atomic E-state index is 12.3. The van der Waals surface area contributed by atoms with Crippen LogP contribution in [0.15, 0.2) is 11.2 Å². The molecule has 2 heterocycles. The predicted octanol–water partition coefficient (Wildman–Crippen LogP) is 0.953. The summed E-state index contributed by atoms with van der Waals surface area (Å²) in [5, 5.41) is 3.98. The zero-order valence-electron chi connectivity index (χ0n) is 9.69. The minimum Gasteiger partial charge on any atom is -0.317 e. The minimum atomic E-state index is -1.05. The van der Waals surface area contributed by atoms with Crippen LogP contribution in [0.4, 0.5) is 0 Å². The van der Waals surface area contributed by atoms with Crippen molar-refractivity contribution in [2.75, 3.05) is 13.1 Å². The van der Waals surface area contributed by atoms with Crippen molar-refractivity contribution in [3.8, 4) is 0 Å². The summed E-state index contributed by atoms with van der Waals surface area (Å²) in [6.45, 7) is 5.72. The highest BCUT2D eigenvalue weighted by atomic mass is 32.2. The lowest BCUT2D eigenvalue weighted by Crippen LogP contribution is -2.33. The summed E-state index contributed by atoms with van der Waals surface area (Å²) in [5.74, 6) is 0. The van der Waals surface area contributed by atoms with Crippen molar-refractivity contribution in [3.05, 3.63) is 17.5 Å². The minimum absolute atomic E-state index is 0.211. The fourth-order valence-corrected chi connectivity index (χ4v) is 3.37. The molecule has 88 valence electrons. The standard InChI is InChI=1S/C11H17N3OS/c1-8-7-9(2)14-11(13-8)16(15)10-3-5-12-6-4-10/h7,10,12H,3-6H2,1-2H3/t16-/m0/s1. The van der Waals surface area contributed by atoms with Gasteiger partial charge in [-0.2, -0.15) is 0 Å². The average Bonchev–Trinajstić information content (AvgIpc) is 2.28. The Kier molecular flexibility index (Phi) is 3.66. The largest absolute Gasteiger partial charge is 0.317 e. The van der Waals surface area contributed by atoms with Crippen molar-refractivity contribution in [1.29, 1.82) is 0 Å². The van der Waals surface area contributed by atoms with Gasteiger partial charge >= 0.3 is 0 Å². The molecule has 5 heteroatoms. The number of nitrogens with zero attached hydrogens (tertiary/aromatic N) is 2. The predicted molar refractivity (Wildman–Crippen MR) is 63.8 cm³/mol. The summed E-state index contributed by atoms with van der Waals surface area (Å²) >= 11 is 0. The lowest BCUT2D eigenvalue weighted by atomic mass is 10.2. The van der Waals surface area contributed by atoms with Crippen LogP contribution in [0.5, 0.6) is 0 Å². The van der Waals surface area contributed by atoms with Crippen LogP contribution >= 0.6 is 0 Å². The molecule has 0 bridgehead atoms. The molecule has 2 rings (SSSR count). The monoisotopic (exact) mass is 239 g/mol. The van der Waals surface area contributed by atoms with E-state index in [1.54, 1.807) is 0 Å². The second-order valence-corrected chi connectivity index (χ2v) is 5.81. The lowest BCUT2D eigenvalue weighted by Gasteiger charge is -2.21. The van der Waals surface area contributed by atoms with Crippen molar-refractivity contribution >= 4 is 10.8 Å². The summed E-state index contributed by atoms with van der Waals surface area (Å²) in [6, 6.07) is 1.91. The number of hydrogen-bond acceptors (Lipinski definition) is 4. The second kappa shape index (κ2) is 5.01. The van der Waals surface area contributed by atoms with Gasteiger partial charge in [0.05, 0.1) is 10.8 Å². The van der Waals surface area contributed by atoms with Gasteiger partial charge < -0.3 is 5.32 Å². The number of hydrogen-bond donors (Lipinski definition) is 1. The van der Waals surface area contributed by atoms with Crippen LogP contribution in [0.2, 0.25) is 0 Å². The van der Waals surface area contributed by atoms with Gasteiger partial charge in [0.15, 0.2) is 0 Å². The highest BCUT2D eigenvalue weighted by molar-refractivity contribution is 7.85. The third-order valence-electron chi connectivity index (χ3n) is 2.73. The first-order chi connectivity index (χ1) is 7.66. The van der Waals surface area contributed by atoms with Crippen molar-refractivity contribution in [1.82, 2.24) is 15.3 Å². The fourth-order valence-electron chi connectivity index (χ4n) is 1.94. The Bertz CT molecular complexity index is 382. The maximum Gasteiger partial charge on any atom is 0.219 e. The third kappa shape index (κ3) is 2.65. The van der Waals surface area contributed by atoms with E-state index >= 15 is 0 Å². The van der Waals surface area contributed by atoms with E-state index in [9.17, 15) is 4.21 Å². The SMILES string of the molecule is Cc1cc(C)nc([S@@](=O)C2CCNCC2)n1. The zero-order valence-corrected chi connectivity index (χ0v) is 10.5. The number of aromatic nitrogens is 2. The number of rotatable bonds is 2. The number of piperidine rings is 1. The maximum atomic E-state index is 12.3. The molecule has 0 aliphatic carbocycles. The van der Waals surface area contributed by atoms with E-state index < -0.39 is 10.8 Å². The van der Waals surface area contributed by atoms with E-state index in [4.69, 9.17) is 0 Å². The summed E-state index contributed by atoms with van der Waals surface area (Å²) in [5.41, 5.74) is 1.79. The molecule has 1 atom stereocenters. The molecule has 1 aromatic rings. The van der Waals surface area contributed by atoms with Crippen molar-refractivity contribution in [3.63, 3.8) is 0 Å². The normalized spacial score (nSPS) is 19.6. The van der Waals surface area contributed by atoms with Crippen molar-refractivity contribution < 1.29 is 4.21 Å². The molecule has 1 saturated heterocycles. The van der Waals surface area contributed by atoms with Crippen molar-refractivity contribution in [2.45, 2.75) is 37.1 Å². The Morgan fingerprint density at radius 2 is 1.81 bits per heavy atom. The van der Waals surface area contributed by atoms with Crippen LogP contribution in [0, 0.1) is 13.8 Å². The number of aryl methyl sites for hydroxylation is 2. The van der Waals surface area contributed by atoms with Crippen LogP contribution < -0.4 is 5.32 Å². The molecule has 1 aliphatic rings. The Morgan fingerprint density at radius 3 is 2.38 bits per heavy atom. The highest BCUT2D eigenvalue weighted by Crippen LogP contribution is 2.16. The van der Waals surface area contributed by atoms with Crippen LogP contribution in [0.1, 0.15) is 24.2 Å². The summed E-state index contributed by atoms with van der Waals surface area (Å²) in [6.07, 6.45) is 1.89. The molecule has 0 amide bonds. The molecule has 1 aliphatic heterocycles. The van der Waals surface area contributed by atoms with Gasteiger partial charge in [0.25, 0.3) is 0 Å². The van der Waals surface area contributed by atoms with Gasteiger partial charge in [-0.25, -0.2) is 9.97 Å². The summed E-state index contributed by atoms with van der Waals surface area (Å²) in [4.78, 5) is 8.55. The first-order valence-electron chi connectivity index (χ1n) is 5.60. The number of nitrogens with one attached hydrogen (secondary N) is 1. The highest BCUT2D eigenvalue weighted by Gasteiger charge is 2.23. The lowest BCUT2D eigenvalue weighted by molar-refractivity contribution is 0.517.